The third-order valence-corrected chi connectivity index (χ3v) is 4.61. The first-order chi connectivity index (χ1) is 9.38. The van der Waals surface area contributed by atoms with Crippen LogP contribution in [0.25, 0.3) is 0 Å². The average molecular weight is 291 g/mol. The molecule has 1 aliphatic heterocycles. The molecule has 0 saturated carbocycles. The Kier molecular flexibility index (Phi) is 4.79. The maximum atomic E-state index is 12.6. The maximum absolute atomic E-state index is 12.6. The van der Waals surface area contributed by atoms with Crippen LogP contribution >= 0.6 is 12.6 Å². The van der Waals surface area contributed by atoms with Gasteiger partial charge in [-0.25, -0.2) is 0 Å². The van der Waals surface area contributed by atoms with Gasteiger partial charge in [0.05, 0.1) is 0 Å². The largest absolute Gasteiger partial charge is 0.339 e. The van der Waals surface area contributed by atoms with E-state index in [1.807, 2.05) is 29.2 Å². The Labute approximate surface area is 128 Å². The maximum Gasteiger partial charge on any atom is 0.253 e. The molecule has 1 heterocycles. The Morgan fingerprint density at radius 2 is 2.00 bits per heavy atom. The summed E-state index contributed by atoms with van der Waals surface area (Å²) in [4.78, 5) is 15.4. The minimum atomic E-state index is 0.149. The standard InChI is InChI=1S/C17H25NOS/c1-17(2,3)14-7-5-10-18(11-9-14)16(19)13-6-4-8-15(20)12-13/h4,6,8,12,14,20H,5,7,9-11H2,1-3H3. The Balaban J connectivity index is 2.05. The molecule has 0 aliphatic carbocycles. The normalized spacial score (nSPS) is 20.6. The van der Waals surface area contributed by atoms with Gasteiger partial charge in [0.1, 0.15) is 0 Å². The number of carbonyl (C=O) groups is 1. The Hall–Kier alpha value is -0.960. The van der Waals surface area contributed by atoms with Crippen LogP contribution in [0.1, 0.15) is 50.4 Å². The van der Waals surface area contributed by atoms with E-state index in [1.54, 1.807) is 0 Å². The van der Waals surface area contributed by atoms with Crippen LogP contribution in [0, 0.1) is 11.3 Å². The van der Waals surface area contributed by atoms with Gasteiger partial charge in [0, 0.05) is 23.5 Å². The van der Waals surface area contributed by atoms with Gasteiger partial charge in [0.15, 0.2) is 0 Å². The zero-order valence-corrected chi connectivity index (χ0v) is 13.6. The number of carbonyl (C=O) groups excluding carboxylic acids is 1. The number of likely N-dealkylation sites (tertiary alicyclic amines) is 1. The van der Waals surface area contributed by atoms with Crippen LogP contribution in [-0.4, -0.2) is 23.9 Å². The minimum absolute atomic E-state index is 0.149. The molecule has 1 unspecified atom stereocenters. The highest BCUT2D eigenvalue weighted by Crippen LogP contribution is 2.34. The number of nitrogens with zero attached hydrogens (tertiary/aromatic N) is 1. The molecule has 0 N–H and O–H groups in total. The van der Waals surface area contributed by atoms with Crippen LogP contribution in [0.3, 0.4) is 0 Å². The summed E-state index contributed by atoms with van der Waals surface area (Å²) in [5.74, 6) is 0.854. The van der Waals surface area contributed by atoms with E-state index in [1.165, 1.54) is 6.42 Å². The third kappa shape index (κ3) is 3.78. The van der Waals surface area contributed by atoms with Crippen LogP contribution in [0.2, 0.25) is 0 Å². The van der Waals surface area contributed by atoms with Crippen LogP contribution in [-0.2, 0) is 0 Å². The van der Waals surface area contributed by atoms with E-state index in [0.717, 1.165) is 36.4 Å². The first kappa shape index (κ1) is 15.4. The number of amides is 1. The molecule has 2 rings (SSSR count). The molecule has 0 spiro atoms. The van der Waals surface area contributed by atoms with Gasteiger partial charge < -0.3 is 4.90 Å². The van der Waals surface area contributed by atoms with Crippen molar-refractivity contribution in [3.05, 3.63) is 29.8 Å². The second kappa shape index (κ2) is 6.21. The summed E-state index contributed by atoms with van der Waals surface area (Å²) in [6.45, 7) is 8.67. The summed E-state index contributed by atoms with van der Waals surface area (Å²) < 4.78 is 0. The molecule has 3 heteroatoms. The number of hydrogen-bond acceptors (Lipinski definition) is 2. The van der Waals surface area contributed by atoms with Crippen molar-refractivity contribution in [2.45, 2.75) is 44.9 Å². The lowest BCUT2D eigenvalue weighted by molar-refractivity contribution is 0.0755. The van der Waals surface area contributed by atoms with Gasteiger partial charge >= 0.3 is 0 Å². The zero-order chi connectivity index (χ0) is 14.8. The lowest BCUT2D eigenvalue weighted by atomic mass is 9.77. The average Bonchev–Trinajstić information content (AvgIpc) is 2.63. The van der Waals surface area contributed by atoms with Crippen LogP contribution in [0.5, 0.6) is 0 Å². The molecule has 110 valence electrons. The van der Waals surface area contributed by atoms with Gasteiger partial charge in [-0.15, -0.1) is 12.6 Å². The molecule has 1 atom stereocenters. The quantitative estimate of drug-likeness (QED) is 0.766. The molecular formula is C17H25NOS. The van der Waals surface area contributed by atoms with E-state index in [0.29, 0.717) is 11.3 Å². The molecule has 1 amide bonds. The lowest BCUT2D eigenvalue weighted by Crippen LogP contribution is -2.32. The van der Waals surface area contributed by atoms with Crippen molar-refractivity contribution in [3.63, 3.8) is 0 Å². The van der Waals surface area contributed by atoms with Crippen LogP contribution < -0.4 is 0 Å². The summed E-state index contributed by atoms with van der Waals surface area (Å²) in [6, 6.07) is 7.54. The smallest absolute Gasteiger partial charge is 0.253 e. The molecule has 1 aliphatic rings. The van der Waals surface area contributed by atoms with E-state index in [4.69, 9.17) is 0 Å². The predicted molar refractivity (Wildman–Crippen MR) is 86.4 cm³/mol. The van der Waals surface area contributed by atoms with Crippen molar-refractivity contribution in [3.8, 4) is 0 Å². The minimum Gasteiger partial charge on any atom is -0.339 e. The second-order valence-electron chi connectivity index (χ2n) is 6.84. The Morgan fingerprint density at radius 1 is 1.25 bits per heavy atom. The monoisotopic (exact) mass is 291 g/mol. The summed E-state index contributed by atoms with van der Waals surface area (Å²) >= 11 is 4.32. The lowest BCUT2D eigenvalue weighted by Gasteiger charge is -2.29. The van der Waals surface area contributed by atoms with E-state index >= 15 is 0 Å². The molecule has 1 fully saturated rings. The first-order valence-corrected chi connectivity index (χ1v) is 7.91. The molecule has 2 nitrogen and oxygen atoms in total. The fourth-order valence-electron chi connectivity index (χ4n) is 2.99. The fraction of sp³-hybridized carbons (Fsp3) is 0.588. The summed E-state index contributed by atoms with van der Waals surface area (Å²) in [5, 5.41) is 0. The summed E-state index contributed by atoms with van der Waals surface area (Å²) in [5.41, 5.74) is 1.09. The molecule has 20 heavy (non-hydrogen) atoms. The van der Waals surface area contributed by atoms with E-state index in [2.05, 4.69) is 33.4 Å². The van der Waals surface area contributed by atoms with Crippen molar-refractivity contribution in [2.24, 2.45) is 11.3 Å². The SMILES string of the molecule is CC(C)(C)C1CCCN(C(=O)c2cccc(S)c2)CC1. The number of rotatable bonds is 1. The van der Waals surface area contributed by atoms with Crippen molar-refractivity contribution >= 4 is 18.5 Å². The van der Waals surface area contributed by atoms with Crippen molar-refractivity contribution in [1.82, 2.24) is 4.90 Å². The van der Waals surface area contributed by atoms with Gasteiger partial charge in [0.2, 0.25) is 0 Å². The molecule has 1 aromatic rings. The topological polar surface area (TPSA) is 20.3 Å². The van der Waals surface area contributed by atoms with Crippen molar-refractivity contribution in [1.29, 1.82) is 0 Å². The summed E-state index contributed by atoms with van der Waals surface area (Å²) in [7, 11) is 0. The molecule has 0 aromatic heterocycles. The van der Waals surface area contributed by atoms with E-state index < -0.39 is 0 Å². The molecule has 1 aromatic carbocycles. The van der Waals surface area contributed by atoms with Gasteiger partial charge in [-0.2, -0.15) is 0 Å². The van der Waals surface area contributed by atoms with Gasteiger partial charge in [-0.1, -0.05) is 26.8 Å². The Morgan fingerprint density at radius 3 is 2.65 bits per heavy atom. The zero-order valence-electron chi connectivity index (χ0n) is 12.7. The van der Waals surface area contributed by atoms with Gasteiger partial charge in [-0.3, -0.25) is 4.79 Å². The summed E-state index contributed by atoms with van der Waals surface area (Å²) in [6.07, 6.45) is 3.43. The highest BCUT2D eigenvalue weighted by atomic mass is 32.1. The predicted octanol–water partition coefficient (Wildman–Crippen LogP) is 4.26. The molecule has 1 saturated heterocycles. The highest BCUT2D eigenvalue weighted by Gasteiger charge is 2.28. The molecule has 0 radical (unpaired) electrons. The van der Waals surface area contributed by atoms with Crippen molar-refractivity contribution in [2.75, 3.05) is 13.1 Å². The third-order valence-electron chi connectivity index (χ3n) is 4.33. The Bertz CT molecular complexity index is 478. The number of hydrogen-bond donors (Lipinski definition) is 1. The number of thiol groups is 1. The van der Waals surface area contributed by atoms with Crippen molar-refractivity contribution < 1.29 is 4.79 Å². The van der Waals surface area contributed by atoms with Crippen LogP contribution in [0.15, 0.2) is 29.2 Å². The first-order valence-electron chi connectivity index (χ1n) is 7.46. The molecule has 0 bridgehead atoms. The number of benzene rings is 1. The van der Waals surface area contributed by atoms with Crippen LogP contribution in [0.4, 0.5) is 0 Å². The van der Waals surface area contributed by atoms with E-state index in [9.17, 15) is 4.79 Å². The molecular weight excluding hydrogens is 266 g/mol. The fourth-order valence-corrected chi connectivity index (χ4v) is 3.21. The second-order valence-corrected chi connectivity index (χ2v) is 7.35. The highest BCUT2D eigenvalue weighted by molar-refractivity contribution is 7.80. The van der Waals surface area contributed by atoms with Gasteiger partial charge in [0.25, 0.3) is 5.91 Å². The van der Waals surface area contributed by atoms with E-state index in [-0.39, 0.29) is 5.91 Å². The van der Waals surface area contributed by atoms with Gasteiger partial charge in [-0.05, 0) is 48.8 Å².